The summed E-state index contributed by atoms with van der Waals surface area (Å²) in [5, 5.41) is 9.28. The molecule has 0 radical (unpaired) electrons. The molecule has 0 unspecified atom stereocenters. The molecule has 0 aliphatic heterocycles. The first kappa shape index (κ1) is 12.0. The molecular formula is C11H14ClN. The third-order valence-electron chi connectivity index (χ3n) is 1.77. The first-order valence-electron chi connectivity index (χ1n) is 3.85. The van der Waals surface area contributed by atoms with E-state index in [9.17, 15) is 0 Å². The molecule has 0 bridgehead atoms. The van der Waals surface area contributed by atoms with E-state index in [1.807, 2.05) is 12.1 Å². The zero-order chi connectivity index (χ0) is 9.14. The Hall–Kier alpha value is -1.00. The van der Waals surface area contributed by atoms with E-state index < -0.39 is 0 Å². The second-order valence-corrected chi connectivity index (χ2v) is 3.35. The molecule has 1 rings (SSSR count). The van der Waals surface area contributed by atoms with Gasteiger partial charge in [-0.3, -0.25) is 0 Å². The summed E-state index contributed by atoms with van der Waals surface area (Å²) in [5.41, 5.74) is 1.60. The van der Waals surface area contributed by atoms with Crippen LogP contribution in [0.2, 0.25) is 5.02 Å². The van der Waals surface area contributed by atoms with Crippen molar-refractivity contribution in [1.29, 1.82) is 5.26 Å². The first-order valence-corrected chi connectivity index (χ1v) is 4.23. The molecule has 1 aromatic rings. The third-order valence-corrected chi connectivity index (χ3v) is 2.19. The van der Waals surface area contributed by atoms with Gasteiger partial charge in [-0.2, -0.15) is 5.26 Å². The molecule has 0 fully saturated rings. The van der Waals surface area contributed by atoms with Crippen molar-refractivity contribution in [2.45, 2.75) is 27.2 Å². The minimum atomic E-state index is 0. The molecule has 0 spiro atoms. The van der Waals surface area contributed by atoms with Crippen molar-refractivity contribution in [2.24, 2.45) is 0 Å². The van der Waals surface area contributed by atoms with E-state index in [-0.39, 0.29) is 7.43 Å². The number of benzene rings is 1. The van der Waals surface area contributed by atoms with Crippen LogP contribution in [0.3, 0.4) is 0 Å². The molecule has 0 N–H and O–H groups in total. The van der Waals surface area contributed by atoms with Crippen LogP contribution in [-0.2, 0) is 0 Å². The van der Waals surface area contributed by atoms with E-state index in [0.717, 1.165) is 5.56 Å². The monoisotopic (exact) mass is 195 g/mol. The molecule has 0 amide bonds. The summed E-state index contributed by atoms with van der Waals surface area (Å²) in [4.78, 5) is 0. The fraction of sp³-hybridized carbons (Fsp3) is 0.364. The van der Waals surface area contributed by atoms with E-state index in [1.54, 1.807) is 6.07 Å². The van der Waals surface area contributed by atoms with Crippen LogP contribution in [0, 0.1) is 11.3 Å². The molecule has 70 valence electrons. The van der Waals surface area contributed by atoms with Gasteiger partial charge >= 0.3 is 0 Å². The third kappa shape index (κ3) is 2.47. The summed E-state index contributed by atoms with van der Waals surface area (Å²) in [6.45, 7) is 4.12. The Labute approximate surface area is 85.0 Å². The summed E-state index contributed by atoms with van der Waals surface area (Å²) in [7, 11) is 0. The van der Waals surface area contributed by atoms with E-state index in [0.29, 0.717) is 16.5 Å². The molecule has 1 aromatic carbocycles. The highest BCUT2D eigenvalue weighted by molar-refractivity contribution is 6.32. The Kier molecular flexibility index (Phi) is 4.51. The van der Waals surface area contributed by atoms with Crippen LogP contribution in [0.25, 0.3) is 0 Å². The van der Waals surface area contributed by atoms with Gasteiger partial charge in [0.1, 0.15) is 6.07 Å². The molecule has 0 saturated heterocycles. The lowest BCUT2D eigenvalue weighted by atomic mass is 10.0. The number of nitriles is 1. The maximum Gasteiger partial charge on any atom is 0.101 e. The smallest absolute Gasteiger partial charge is 0.101 e. The maximum atomic E-state index is 8.69. The van der Waals surface area contributed by atoms with Crippen molar-refractivity contribution in [3.63, 3.8) is 0 Å². The fourth-order valence-electron chi connectivity index (χ4n) is 1.08. The molecule has 0 saturated carbocycles. The fourth-order valence-corrected chi connectivity index (χ4v) is 1.47. The van der Waals surface area contributed by atoms with Crippen LogP contribution in [-0.4, -0.2) is 0 Å². The van der Waals surface area contributed by atoms with Crippen LogP contribution < -0.4 is 0 Å². The van der Waals surface area contributed by atoms with E-state index >= 15 is 0 Å². The Morgan fingerprint density at radius 2 is 2.00 bits per heavy atom. The summed E-state index contributed by atoms with van der Waals surface area (Å²) in [6, 6.07) is 7.60. The van der Waals surface area contributed by atoms with Gasteiger partial charge in [-0.05, 0) is 17.5 Å². The Morgan fingerprint density at radius 3 is 2.46 bits per heavy atom. The molecule has 0 atom stereocenters. The SMILES string of the molecule is C.CC(C)c1cccc(C#N)c1Cl. The number of nitrogens with zero attached hydrogens (tertiary/aromatic N) is 1. The number of hydrogen-bond acceptors (Lipinski definition) is 1. The lowest BCUT2D eigenvalue weighted by Crippen LogP contribution is -1.90. The van der Waals surface area contributed by atoms with Gasteiger partial charge in [-0.15, -0.1) is 0 Å². The molecular weight excluding hydrogens is 182 g/mol. The van der Waals surface area contributed by atoms with Crippen molar-refractivity contribution in [3.05, 3.63) is 34.3 Å². The van der Waals surface area contributed by atoms with E-state index in [2.05, 4.69) is 19.9 Å². The Morgan fingerprint density at radius 1 is 1.38 bits per heavy atom. The normalized spacial score (nSPS) is 9.15. The second-order valence-electron chi connectivity index (χ2n) is 2.98. The highest BCUT2D eigenvalue weighted by Gasteiger charge is 2.07. The van der Waals surface area contributed by atoms with Crippen molar-refractivity contribution in [1.82, 2.24) is 0 Å². The average Bonchev–Trinajstić information content (AvgIpc) is 2.04. The summed E-state index contributed by atoms with van der Waals surface area (Å²) in [6.07, 6.45) is 0. The lowest BCUT2D eigenvalue weighted by molar-refractivity contribution is 0.866. The van der Waals surface area contributed by atoms with Crippen LogP contribution in [0.5, 0.6) is 0 Å². The summed E-state index contributed by atoms with van der Waals surface area (Å²) < 4.78 is 0. The molecule has 0 aromatic heterocycles. The van der Waals surface area contributed by atoms with E-state index in [1.165, 1.54) is 0 Å². The van der Waals surface area contributed by atoms with Crippen molar-refractivity contribution >= 4 is 11.6 Å². The number of halogens is 1. The topological polar surface area (TPSA) is 23.8 Å². The molecule has 2 heteroatoms. The van der Waals surface area contributed by atoms with Crippen molar-refractivity contribution in [3.8, 4) is 6.07 Å². The molecule has 0 heterocycles. The summed E-state index contributed by atoms with van der Waals surface area (Å²) in [5.74, 6) is 0.366. The highest BCUT2D eigenvalue weighted by Crippen LogP contribution is 2.26. The van der Waals surface area contributed by atoms with Gasteiger partial charge in [0.15, 0.2) is 0 Å². The zero-order valence-corrected chi connectivity index (χ0v) is 7.89. The minimum Gasteiger partial charge on any atom is -0.192 e. The van der Waals surface area contributed by atoms with Gasteiger partial charge in [0.2, 0.25) is 0 Å². The van der Waals surface area contributed by atoms with Gasteiger partial charge in [0.25, 0.3) is 0 Å². The predicted octanol–water partition coefficient (Wildman–Crippen LogP) is 3.97. The molecule has 0 aliphatic carbocycles. The van der Waals surface area contributed by atoms with Crippen LogP contribution in [0.1, 0.15) is 38.3 Å². The van der Waals surface area contributed by atoms with Gasteiger partial charge in [-0.25, -0.2) is 0 Å². The van der Waals surface area contributed by atoms with Gasteiger partial charge < -0.3 is 0 Å². The Balaban J connectivity index is 0.00000144. The van der Waals surface area contributed by atoms with Gasteiger partial charge in [0, 0.05) is 0 Å². The number of hydrogen-bond donors (Lipinski definition) is 0. The molecule has 1 nitrogen and oxygen atoms in total. The van der Waals surface area contributed by atoms with Crippen LogP contribution in [0.15, 0.2) is 18.2 Å². The maximum absolute atomic E-state index is 8.69. The summed E-state index contributed by atoms with van der Waals surface area (Å²) >= 11 is 5.98. The van der Waals surface area contributed by atoms with Crippen molar-refractivity contribution in [2.75, 3.05) is 0 Å². The lowest BCUT2D eigenvalue weighted by Gasteiger charge is -2.07. The van der Waals surface area contributed by atoms with Crippen LogP contribution >= 0.6 is 11.6 Å². The van der Waals surface area contributed by atoms with Gasteiger partial charge in [-0.1, -0.05) is 45.0 Å². The second kappa shape index (κ2) is 4.89. The number of rotatable bonds is 1. The largest absolute Gasteiger partial charge is 0.192 e. The minimum absolute atomic E-state index is 0. The van der Waals surface area contributed by atoms with Crippen LogP contribution in [0.4, 0.5) is 0 Å². The average molecular weight is 196 g/mol. The zero-order valence-electron chi connectivity index (χ0n) is 7.13. The Bertz CT molecular complexity index is 323. The standard InChI is InChI=1S/C10H10ClN.CH4/c1-7(2)9-5-3-4-8(6-12)10(9)11;/h3-5,7H,1-2H3;1H4. The first-order chi connectivity index (χ1) is 5.66. The highest BCUT2D eigenvalue weighted by atomic mass is 35.5. The molecule has 13 heavy (non-hydrogen) atoms. The van der Waals surface area contributed by atoms with Gasteiger partial charge in [0.05, 0.1) is 10.6 Å². The van der Waals surface area contributed by atoms with E-state index in [4.69, 9.17) is 16.9 Å². The predicted molar refractivity (Wildman–Crippen MR) is 57.0 cm³/mol. The quantitative estimate of drug-likeness (QED) is 0.665. The molecule has 0 aliphatic rings. The van der Waals surface area contributed by atoms with Crippen molar-refractivity contribution < 1.29 is 0 Å².